The van der Waals surface area contributed by atoms with Gasteiger partial charge in [-0.1, -0.05) is 6.07 Å². The summed E-state index contributed by atoms with van der Waals surface area (Å²) in [5.74, 6) is -1.18. The number of nitrogens with two attached hydrogens (primary N) is 1. The standard InChI is InChI=1S/C9H8F3NO2/c1-5(14)6-3-2-4-7(13)8(6)15-9(10,11)12/h2-4H,13H2,1H3. The van der Waals surface area contributed by atoms with E-state index in [-0.39, 0.29) is 11.3 Å². The van der Waals surface area contributed by atoms with E-state index in [0.29, 0.717) is 0 Å². The van der Waals surface area contributed by atoms with Crippen molar-refractivity contribution < 1.29 is 22.7 Å². The highest BCUT2D eigenvalue weighted by atomic mass is 19.4. The maximum atomic E-state index is 12.0. The second-order valence-corrected chi connectivity index (χ2v) is 2.83. The van der Waals surface area contributed by atoms with Crippen molar-refractivity contribution in [3.63, 3.8) is 0 Å². The Hall–Kier alpha value is -1.72. The fourth-order valence-electron chi connectivity index (χ4n) is 1.06. The Bertz CT molecular complexity index is 387. The molecule has 0 spiro atoms. The minimum Gasteiger partial charge on any atom is -0.403 e. The summed E-state index contributed by atoms with van der Waals surface area (Å²) in [6.07, 6.45) is -4.86. The number of para-hydroxylation sites is 1. The van der Waals surface area contributed by atoms with Gasteiger partial charge in [0.15, 0.2) is 11.5 Å². The predicted octanol–water partition coefficient (Wildman–Crippen LogP) is 2.37. The number of anilines is 1. The molecule has 1 aromatic carbocycles. The monoisotopic (exact) mass is 219 g/mol. The zero-order valence-electron chi connectivity index (χ0n) is 7.76. The molecule has 0 aliphatic rings. The number of carbonyl (C=O) groups excluding carboxylic acids is 1. The van der Waals surface area contributed by atoms with Crippen LogP contribution in [0.2, 0.25) is 0 Å². The first-order chi connectivity index (χ1) is 6.81. The Morgan fingerprint density at radius 1 is 1.40 bits per heavy atom. The topological polar surface area (TPSA) is 52.3 Å². The third kappa shape index (κ3) is 2.87. The molecule has 0 aromatic heterocycles. The van der Waals surface area contributed by atoms with Crippen molar-refractivity contribution in [1.82, 2.24) is 0 Å². The first-order valence-corrected chi connectivity index (χ1v) is 3.96. The highest BCUT2D eigenvalue weighted by Crippen LogP contribution is 2.32. The molecule has 0 heterocycles. The van der Waals surface area contributed by atoms with Crippen LogP contribution in [0.1, 0.15) is 17.3 Å². The zero-order chi connectivity index (χ0) is 11.6. The van der Waals surface area contributed by atoms with E-state index in [1.807, 2.05) is 0 Å². The third-order valence-electron chi connectivity index (χ3n) is 1.64. The summed E-state index contributed by atoms with van der Waals surface area (Å²) in [6, 6.07) is 3.84. The van der Waals surface area contributed by atoms with Gasteiger partial charge in [0, 0.05) is 0 Å². The Labute approximate surface area is 83.6 Å². The van der Waals surface area contributed by atoms with E-state index in [9.17, 15) is 18.0 Å². The normalized spacial score (nSPS) is 11.2. The van der Waals surface area contributed by atoms with Crippen LogP contribution < -0.4 is 10.5 Å². The predicted molar refractivity (Wildman–Crippen MR) is 47.5 cm³/mol. The van der Waals surface area contributed by atoms with Crippen molar-refractivity contribution in [1.29, 1.82) is 0 Å². The summed E-state index contributed by atoms with van der Waals surface area (Å²) >= 11 is 0. The van der Waals surface area contributed by atoms with Crippen LogP contribution >= 0.6 is 0 Å². The number of rotatable bonds is 2. The van der Waals surface area contributed by atoms with Crippen molar-refractivity contribution in [2.75, 3.05) is 5.73 Å². The summed E-state index contributed by atoms with van der Waals surface area (Å²) < 4.78 is 39.6. The lowest BCUT2D eigenvalue weighted by atomic mass is 10.1. The smallest absolute Gasteiger partial charge is 0.403 e. The summed E-state index contributed by atoms with van der Waals surface area (Å²) in [6.45, 7) is 1.14. The van der Waals surface area contributed by atoms with Crippen molar-refractivity contribution in [2.24, 2.45) is 0 Å². The van der Waals surface area contributed by atoms with Gasteiger partial charge in [-0.3, -0.25) is 4.79 Å². The summed E-state index contributed by atoms with van der Waals surface area (Å²) in [7, 11) is 0. The fraction of sp³-hybridized carbons (Fsp3) is 0.222. The van der Waals surface area contributed by atoms with Crippen molar-refractivity contribution in [3.05, 3.63) is 23.8 Å². The van der Waals surface area contributed by atoms with E-state index in [1.54, 1.807) is 0 Å². The largest absolute Gasteiger partial charge is 0.573 e. The van der Waals surface area contributed by atoms with Gasteiger partial charge in [0.25, 0.3) is 0 Å². The van der Waals surface area contributed by atoms with E-state index < -0.39 is 17.9 Å². The van der Waals surface area contributed by atoms with Crippen molar-refractivity contribution in [3.8, 4) is 5.75 Å². The molecular formula is C9H8F3NO2. The molecule has 0 aliphatic heterocycles. The minimum atomic E-state index is -4.86. The molecule has 2 N–H and O–H groups in total. The van der Waals surface area contributed by atoms with Crippen LogP contribution in [0.4, 0.5) is 18.9 Å². The number of benzene rings is 1. The van der Waals surface area contributed by atoms with Crippen LogP contribution in [0.25, 0.3) is 0 Å². The van der Waals surface area contributed by atoms with E-state index in [4.69, 9.17) is 5.73 Å². The Morgan fingerprint density at radius 3 is 2.47 bits per heavy atom. The maximum absolute atomic E-state index is 12.0. The van der Waals surface area contributed by atoms with Gasteiger partial charge in [-0.25, -0.2) is 0 Å². The molecule has 0 saturated carbocycles. The number of carbonyl (C=O) groups is 1. The fourth-order valence-corrected chi connectivity index (χ4v) is 1.06. The highest BCUT2D eigenvalue weighted by Gasteiger charge is 2.33. The van der Waals surface area contributed by atoms with Gasteiger partial charge in [0.1, 0.15) is 0 Å². The Morgan fingerprint density at radius 2 is 2.00 bits per heavy atom. The second-order valence-electron chi connectivity index (χ2n) is 2.83. The molecule has 1 rings (SSSR count). The van der Waals surface area contributed by atoms with Gasteiger partial charge in [0.05, 0.1) is 11.3 Å². The van der Waals surface area contributed by atoms with E-state index in [1.165, 1.54) is 18.2 Å². The highest BCUT2D eigenvalue weighted by molar-refractivity contribution is 5.98. The number of hydrogen-bond acceptors (Lipinski definition) is 3. The number of ether oxygens (including phenoxy) is 1. The van der Waals surface area contributed by atoms with Gasteiger partial charge in [-0.05, 0) is 19.1 Å². The molecule has 0 bridgehead atoms. The van der Waals surface area contributed by atoms with Gasteiger partial charge in [0.2, 0.25) is 0 Å². The number of hydrogen-bond donors (Lipinski definition) is 1. The molecule has 0 atom stereocenters. The van der Waals surface area contributed by atoms with Crippen LogP contribution in [0.5, 0.6) is 5.75 Å². The molecule has 0 radical (unpaired) electrons. The minimum absolute atomic E-state index is 0.188. The SMILES string of the molecule is CC(=O)c1cccc(N)c1OC(F)(F)F. The Kier molecular flexibility index (Phi) is 2.88. The van der Waals surface area contributed by atoms with Crippen LogP contribution in [0.3, 0.4) is 0 Å². The van der Waals surface area contributed by atoms with Crippen molar-refractivity contribution in [2.45, 2.75) is 13.3 Å². The molecule has 82 valence electrons. The lowest BCUT2D eigenvalue weighted by Crippen LogP contribution is -2.19. The lowest BCUT2D eigenvalue weighted by molar-refractivity contribution is -0.274. The number of halogens is 3. The lowest BCUT2D eigenvalue weighted by Gasteiger charge is -2.13. The molecule has 6 heteroatoms. The molecule has 0 unspecified atom stereocenters. The third-order valence-corrected chi connectivity index (χ3v) is 1.64. The molecule has 0 amide bonds. The average molecular weight is 219 g/mol. The Balaban J connectivity index is 3.19. The number of Topliss-reactive ketones (excluding diaryl/α,β-unsaturated/α-hetero) is 1. The van der Waals surface area contributed by atoms with E-state index >= 15 is 0 Å². The first kappa shape index (κ1) is 11.4. The number of alkyl halides is 3. The van der Waals surface area contributed by atoms with Crippen LogP contribution in [0, 0.1) is 0 Å². The quantitative estimate of drug-likeness (QED) is 0.613. The molecule has 15 heavy (non-hydrogen) atoms. The van der Waals surface area contributed by atoms with Gasteiger partial charge < -0.3 is 10.5 Å². The molecular weight excluding hydrogens is 211 g/mol. The molecule has 0 aliphatic carbocycles. The summed E-state index contributed by atoms with van der Waals surface area (Å²) in [5, 5.41) is 0. The van der Waals surface area contributed by atoms with Gasteiger partial charge >= 0.3 is 6.36 Å². The number of ketones is 1. The van der Waals surface area contributed by atoms with Crippen LogP contribution in [0.15, 0.2) is 18.2 Å². The summed E-state index contributed by atoms with van der Waals surface area (Å²) in [4.78, 5) is 11.0. The zero-order valence-corrected chi connectivity index (χ0v) is 7.76. The van der Waals surface area contributed by atoms with Gasteiger partial charge in [-0.15, -0.1) is 13.2 Å². The van der Waals surface area contributed by atoms with Crippen molar-refractivity contribution >= 4 is 11.5 Å². The number of nitrogen functional groups attached to an aromatic ring is 1. The molecule has 1 aromatic rings. The van der Waals surface area contributed by atoms with Gasteiger partial charge in [-0.2, -0.15) is 0 Å². The van der Waals surface area contributed by atoms with E-state index in [0.717, 1.165) is 6.92 Å². The summed E-state index contributed by atoms with van der Waals surface area (Å²) in [5.41, 5.74) is 4.88. The molecule has 3 nitrogen and oxygen atoms in total. The molecule has 0 saturated heterocycles. The van der Waals surface area contributed by atoms with Crippen LogP contribution in [-0.4, -0.2) is 12.1 Å². The second kappa shape index (κ2) is 3.80. The molecule has 0 fully saturated rings. The van der Waals surface area contributed by atoms with Crippen LogP contribution in [-0.2, 0) is 0 Å². The van der Waals surface area contributed by atoms with E-state index in [2.05, 4.69) is 4.74 Å². The maximum Gasteiger partial charge on any atom is 0.573 e. The average Bonchev–Trinajstić information content (AvgIpc) is 2.05. The first-order valence-electron chi connectivity index (χ1n) is 3.96.